The fourth-order valence-corrected chi connectivity index (χ4v) is 1.24. The van der Waals surface area contributed by atoms with Gasteiger partial charge in [0.2, 0.25) is 5.95 Å². The molecule has 1 aromatic heterocycles. The zero-order valence-corrected chi connectivity index (χ0v) is 7.93. The minimum Gasteiger partial charge on any atom is -0.464 e. The van der Waals surface area contributed by atoms with E-state index >= 15 is 0 Å². The van der Waals surface area contributed by atoms with Gasteiger partial charge in [-0.2, -0.15) is 0 Å². The summed E-state index contributed by atoms with van der Waals surface area (Å²) >= 11 is 0. The average molecular weight is 193 g/mol. The normalized spacial score (nSPS) is 14.8. The Bertz CT molecular complexity index is 350. The van der Waals surface area contributed by atoms with Crippen molar-refractivity contribution < 1.29 is 9.53 Å². The lowest BCUT2D eigenvalue weighted by molar-refractivity contribution is 0.0594. The largest absolute Gasteiger partial charge is 0.464 e. The van der Waals surface area contributed by atoms with Crippen LogP contribution in [0.25, 0.3) is 0 Å². The lowest BCUT2D eigenvalue weighted by Gasteiger charge is -2.30. The van der Waals surface area contributed by atoms with Gasteiger partial charge < -0.3 is 9.64 Å². The van der Waals surface area contributed by atoms with Crippen LogP contribution >= 0.6 is 0 Å². The fourth-order valence-electron chi connectivity index (χ4n) is 1.24. The maximum atomic E-state index is 11.2. The molecule has 1 saturated heterocycles. The maximum absolute atomic E-state index is 11.2. The minimum absolute atomic E-state index is 0.310. The van der Waals surface area contributed by atoms with Crippen LogP contribution in [0.15, 0.2) is 12.3 Å². The van der Waals surface area contributed by atoms with Gasteiger partial charge in [0.25, 0.3) is 0 Å². The molecule has 0 atom stereocenters. The number of hydrogen-bond acceptors (Lipinski definition) is 5. The molecule has 0 amide bonds. The van der Waals surface area contributed by atoms with Crippen LogP contribution in [0.3, 0.4) is 0 Å². The zero-order valence-electron chi connectivity index (χ0n) is 7.93. The number of carbonyl (C=O) groups excluding carboxylic acids is 1. The zero-order chi connectivity index (χ0) is 9.97. The summed E-state index contributed by atoms with van der Waals surface area (Å²) in [7, 11) is 1.34. The van der Waals surface area contributed by atoms with Crippen molar-refractivity contribution in [3.63, 3.8) is 0 Å². The second kappa shape index (κ2) is 3.61. The number of methoxy groups -OCH3 is 1. The maximum Gasteiger partial charge on any atom is 0.356 e. The molecule has 5 nitrogen and oxygen atoms in total. The number of hydrogen-bond donors (Lipinski definition) is 0. The van der Waals surface area contributed by atoms with E-state index in [1.54, 1.807) is 12.3 Å². The van der Waals surface area contributed by atoms with Crippen molar-refractivity contribution in [3.8, 4) is 0 Å². The Balaban J connectivity index is 2.21. The second-order valence-corrected chi connectivity index (χ2v) is 3.07. The van der Waals surface area contributed by atoms with Crippen molar-refractivity contribution in [1.29, 1.82) is 0 Å². The summed E-state index contributed by atoms with van der Waals surface area (Å²) in [4.78, 5) is 21.4. The summed E-state index contributed by atoms with van der Waals surface area (Å²) in [6.45, 7) is 1.93. The summed E-state index contributed by atoms with van der Waals surface area (Å²) in [5, 5.41) is 0. The number of rotatable bonds is 2. The third kappa shape index (κ3) is 1.53. The first-order valence-electron chi connectivity index (χ1n) is 4.47. The first-order valence-corrected chi connectivity index (χ1v) is 4.47. The van der Waals surface area contributed by atoms with E-state index in [-0.39, 0.29) is 0 Å². The van der Waals surface area contributed by atoms with Crippen molar-refractivity contribution in [2.24, 2.45) is 0 Å². The average Bonchev–Trinajstić information content (AvgIpc) is 2.14. The molecular formula is C9H11N3O2. The standard InChI is InChI=1S/C9H11N3O2/c1-14-8(13)7-3-4-10-9(11-7)12-5-2-6-12/h3-4H,2,5-6H2,1H3. The number of carbonyl (C=O) groups is 1. The van der Waals surface area contributed by atoms with Gasteiger partial charge in [-0.05, 0) is 12.5 Å². The van der Waals surface area contributed by atoms with Gasteiger partial charge in [0.1, 0.15) is 0 Å². The molecule has 1 aliphatic heterocycles. The first kappa shape index (κ1) is 8.93. The Morgan fingerprint density at radius 3 is 2.93 bits per heavy atom. The molecule has 0 bridgehead atoms. The highest BCUT2D eigenvalue weighted by atomic mass is 16.5. The predicted octanol–water partition coefficient (Wildman–Crippen LogP) is 0.473. The molecule has 0 aliphatic carbocycles. The highest BCUT2D eigenvalue weighted by Gasteiger charge is 2.18. The molecule has 1 aliphatic rings. The number of ether oxygens (including phenoxy) is 1. The molecular weight excluding hydrogens is 182 g/mol. The van der Waals surface area contributed by atoms with Crippen LogP contribution in [-0.4, -0.2) is 36.1 Å². The van der Waals surface area contributed by atoms with Crippen molar-refractivity contribution in [2.45, 2.75) is 6.42 Å². The van der Waals surface area contributed by atoms with Crippen molar-refractivity contribution in [3.05, 3.63) is 18.0 Å². The molecule has 0 saturated carbocycles. The van der Waals surface area contributed by atoms with E-state index in [9.17, 15) is 4.79 Å². The molecule has 5 heteroatoms. The lowest BCUT2D eigenvalue weighted by Crippen LogP contribution is -2.38. The fraction of sp³-hybridized carbons (Fsp3) is 0.444. The molecule has 1 fully saturated rings. The van der Waals surface area contributed by atoms with E-state index in [0.29, 0.717) is 11.6 Å². The summed E-state index contributed by atoms with van der Waals surface area (Å²) in [5.41, 5.74) is 0.310. The molecule has 74 valence electrons. The van der Waals surface area contributed by atoms with Crippen LogP contribution in [0.4, 0.5) is 5.95 Å². The van der Waals surface area contributed by atoms with E-state index in [0.717, 1.165) is 19.5 Å². The van der Waals surface area contributed by atoms with Gasteiger partial charge in [-0.1, -0.05) is 0 Å². The molecule has 0 radical (unpaired) electrons. The van der Waals surface area contributed by atoms with Crippen LogP contribution in [0.2, 0.25) is 0 Å². The van der Waals surface area contributed by atoms with Gasteiger partial charge in [0.05, 0.1) is 7.11 Å². The topological polar surface area (TPSA) is 55.3 Å². The lowest BCUT2D eigenvalue weighted by atomic mass is 10.2. The molecule has 14 heavy (non-hydrogen) atoms. The monoisotopic (exact) mass is 193 g/mol. The van der Waals surface area contributed by atoms with Gasteiger partial charge in [-0.15, -0.1) is 0 Å². The van der Waals surface area contributed by atoms with Crippen molar-refractivity contribution >= 4 is 11.9 Å². The molecule has 1 aromatic rings. The van der Waals surface area contributed by atoms with Gasteiger partial charge in [-0.25, -0.2) is 14.8 Å². The number of aromatic nitrogens is 2. The SMILES string of the molecule is COC(=O)c1ccnc(N2CCC2)n1. The Labute approximate surface area is 81.7 Å². The number of esters is 1. The quantitative estimate of drug-likeness (QED) is 0.639. The summed E-state index contributed by atoms with van der Waals surface area (Å²) in [6.07, 6.45) is 2.73. The van der Waals surface area contributed by atoms with Crippen molar-refractivity contribution in [2.75, 3.05) is 25.1 Å². The van der Waals surface area contributed by atoms with E-state index < -0.39 is 5.97 Å². The predicted molar refractivity (Wildman–Crippen MR) is 50.2 cm³/mol. The minimum atomic E-state index is -0.422. The molecule has 0 spiro atoms. The van der Waals surface area contributed by atoms with E-state index in [1.165, 1.54) is 7.11 Å². The van der Waals surface area contributed by atoms with Gasteiger partial charge in [-0.3, -0.25) is 0 Å². The van der Waals surface area contributed by atoms with Gasteiger partial charge >= 0.3 is 5.97 Å². The first-order chi connectivity index (χ1) is 6.81. The molecule has 2 rings (SSSR count). The van der Waals surface area contributed by atoms with Crippen LogP contribution in [0, 0.1) is 0 Å². The van der Waals surface area contributed by atoms with Crippen LogP contribution < -0.4 is 4.90 Å². The Morgan fingerprint density at radius 1 is 1.57 bits per heavy atom. The van der Waals surface area contributed by atoms with E-state index in [2.05, 4.69) is 14.7 Å². The summed E-state index contributed by atoms with van der Waals surface area (Å²) in [6, 6.07) is 1.55. The number of anilines is 1. The Hall–Kier alpha value is -1.65. The molecule has 2 heterocycles. The van der Waals surface area contributed by atoms with Gasteiger partial charge in [0, 0.05) is 19.3 Å². The van der Waals surface area contributed by atoms with Gasteiger partial charge in [0.15, 0.2) is 5.69 Å². The van der Waals surface area contributed by atoms with Crippen molar-refractivity contribution in [1.82, 2.24) is 9.97 Å². The highest BCUT2D eigenvalue weighted by Crippen LogP contribution is 2.15. The van der Waals surface area contributed by atoms with Crippen LogP contribution in [0.1, 0.15) is 16.9 Å². The van der Waals surface area contributed by atoms with E-state index in [4.69, 9.17) is 0 Å². The molecule has 0 aromatic carbocycles. The summed E-state index contributed by atoms with van der Waals surface area (Å²) < 4.78 is 4.57. The number of nitrogens with zero attached hydrogens (tertiary/aromatic N) is 3. The molecule has 0 unspecified atom stereocenters. The second-order valence-electron chi connectivity index (χ2n) is 3.07. The third-order valence-electron chi connectivity index (χ3n) is 2.18. The summed E-state index contributed by atoms with van der Waals surface area (Å²) in [5.74, 6) is 0.188. The smallest absolute Gasteiger partial charge is 0.356 e. The van der Waals surface area contributed by atoms with E-state index in [1.807, 2.05) is 4.90 Å². The van der Waals surface area contributed by atoms with Crippen LogP contribution in [-0.2, 0) is 4.74 Å². The Kier molecular flexibility index (Phi) is 2.30. The Morgan fingerprint density at radius 2 is 2.36 bits per heavy atom. The molecule has 0 N–H and O–H groups in total. The van der Waals surface area contributed by atoms with Crippen LogP contribution in [0.5, 0.6) is 0 Å². The third-order valence-corrected chi connectivity index (χ3v) is 2.18. The highest BCUT2D eigenvalue weighted by molar-refractivity contribution is 5.87.